The second-order valence-corrected chi connectivity index (χ2v) is 10.3. The molecule has 0 radical (unpaired) electrons. The number of hydrogen-bond acceptors (Lipinski definition) is 6. The number of rotatable bonds is 8. The van der Waals surface area contributed by atoms with Crippen LogP contribution in [0.4, 0.5) is 0 Å². The zero-order chi connectivity index (χ0) is 23.4. The summed E-state index contributed by atoms with van der Waals surface area (Å²) in [6.45, 7) is -0.346. The number of ether oxygens (including phenoxy) is 2. The van der Waals surface area contributed by atoms with Crippen LogP contribution in [0.1, 0.15) is 30.4 Å². The molecule has 3 atom stereocenters. The Kier molecular flexibility index (Phi) is 7.33. The maximum atomic E-state index is 12.8. The number of benzene rings is 2. The normalized spacial score (nSPS) is 23.2. The van der Waals surface area contributed by atoms with Crippen LogP contribution >= 0.6 is 0 Å². The van der Waals surface area contributed by atoms with Crippen LogP contribution in [0.3, 0.4) is 0 Å². The molecule has 1 saturated heterocycles. The number of hydrogen-bond donors (Lipinski definition) is 3. The van der Waals surface area contributed by atoms with E-state index in [0.717, 1.165) is 12.8 Å². The average molecular weight is 475 g/mol. The van der Waals surface area contributed by atoms with Gasteiger partial charge in [0.05, 0.1) is 43.3 Å². The standard InChI is InChI=1S/C24H30N2O6S/c1-31-19-7-4-8-21(13-19)33(29,30)26-22-10-9-20(32-23(22)15-27)14-24(28)25-18-11-16-5-2-3-6-17(16)12-18/h2-8,13,18,20,22-23,26-27H,9-12,14-15H2,1H3,(H,25,28)/t20-,22-,23+/m0/s1. The second-order valence-electron chi connectivity index (χ2n) is 8.61. The highest BCUT2D eigenvalue weighted by Crippen LogP contribution is 2.26. The molecule has 4 rings (SSSR count). The molecule has 33 heavy (non-hydrogen) atoms. The molecule has 0 bridgehead atoms. The molecule has 178 valence electrons. The summed E-state index contributed by atoms with van der Waals surface area (Å²) in [6.07, 6.45) is 1.69. The van der Waals surface area contributed by atoms with Crippen molar-refractivity contribution in [3.8, 4) is 5.75 Å². The number of aliphatic hydroxyl groups excluding tert-OH is 1. The first-order chi connectivity index (χ1) is 15.9. The van der Waals surface area contributed by atoms with E-state index < -0.39 is 22.2 Å². The summed E-state index contributed by atoms with van der Waals surface area (Å²) < 4.78 is 39.3. The van der Waals surface area contributed by atoms with Crippen LogP contribution in [0, 0.1) is 0 Å². The largest absolute Gasteiger partial charge is 0.497 e. The number of sulfonamides is 1. The Labute approximate surface area is 194 Å². The van der Waals surface area contributed by atoms with Crippen molar-refractivity contribution < 1.29 is 27.8 Å². The third-order valence-electron chi connectivity index (χ3n) is 6.28. The summed E-state index contributed by atoms with van der Waals surface area (Å²) in [5, 5.41) is 12.9. The number of amides is 1. The van der Waals surface area contributed by atoms with Crippen molar-refractivity contribution in [3.63, 3.8) is 0 Å². The quantitative estimate of drug-likeness (QED) is 0.535. The van der Waals surface area contributed by atoms with Crippen molar-refractivity contribution in [2.24, 2.45) is 0 Å². The van der Waals surface area contributed by atoms with Gasteiger partial charge in [0.1, 0.15) is 5.75 Å². The number of carbonyl (C=O) groups excluding carboxylic acids is 1. The van der Waals surface area contributed by atoms with Crippen molar-refractivity contribution in [2.75, 3.05) is 13.7 Å². The Morgan fingerprint density at radius 3 is 2.52 bits per heavy atom. The SMILES string of the molecule is COc1cccc(S(=O)(=O)N[C@H]2CC[C@@H](CC(=O)NC3Cc4ccccc4C3)O[C@@H]2CO)c1. The average Bonchev–Trinajstić information content (AvgIpc) is 3.22. The molecule has 0 spiro atoms. The predicted molar refractivity (Wildman–Crippen MR) is 122 cm³/mol. The molecule has 2 aliphatic rings. The molecule has 2 aromatic rings. The minimum absolute atomic E-state index is 0.0783. The lowest BCUT2D eigenvalue weighted by atomic mass is 9.97. The van der Waals surface area contributed by atoms with Crippen LogP contribution in [0.2, 0.25) is 0 Å². The summed E-state index contributed by atoms with van der Waals surface area (Å²) in [5.74, 6) is 0.345. The van der Waals surface area contributed by atoms with Crippen molar-refractivity contribution in [1.82, 2.24) is 10.0 Å². The summed E-state index contributed by atoms with van der Waals surface area (Å²) in [5.41, 5.74) is 2.53. The molecule has 9 heteroatoms. The maximum Gasteiger partial charge on any atom is 0.241 e. The van der Waals surface area contributed by atoms with Crippen molar-refractivity contribution in [2.45, 2.75) is 61.3 Å². The molecule has 1 aliphatic carbocycles. The highest BCUT2D eigenvalue weighted by Gasteiger charge is 2.35. The third-order valence-corrected chi connectivity index (χ3v) is 7.77. The first kappa shape index (κ1) is 23.7. The molecule has 1 heterocycles. The first-order valence-electron chi connectivity index (χ1n) is 11.2. The van der Waals surface area contributed by atoms with Gasteiger partial charge in [-0.1, -0.05) is 30.3 Å². The Morgan fingerprint density at radius 1 is 1.12 bits per heavy atom. The lowest BCUT2D eigenvalue weighted by Crippen LogP contribution is -2.51. The fourth-order valence-electron chi connectivity index (χ4n) is 4.61. The predicted octanol–water partition coefficient (Wildman–Crippen LogP) is 1.56. The Bertz CT molecular complexity index is 1060. The van der Waals surface area contributed by atoms with Gasteiger partial charge in [0.25, 0.3) is 0 Å². The molecular formula is C24H30N2O6S. The zero-order valence-corrected chi connectivity index (χ0v) is 19.4. The highest BCUT2D eigenvalue weighted by atomic mass is 32.2. The molecular weight excluding hydrogens is 444 g/mol. The van der Waals surface area contributed by atoms with Crippen LogP contribution in [-0.4, -0.2) is 57.4 Å². The van der Waals surface area contributed by atoms with Crippen LogP contribution < -0.4 is 14.8 Å². The van der Waals surface area contributed by atoms with Crippen LogP contribution in [0.25, 0.3) is 0 Å². The number of fused-ring (bicyclic) bond motifs is 1. The molecule has 0 unspecified atom stereocenters. The Morgan fingerprint density at radius 2 is 1.85 bits per heavy atom. The van der Waals surface area contributed by atoms with Gasteiger partial charge in [-0.05, 0) is 48.9 Å². The Hall–Kier alpha value is -2.46. The van der Waals surface area contributed by atoms with Gasteiger partial charge >= 0.3 is 0 Å². The van der Waals surface area contributed by atoms with E-state index in [4.69, 9.17) is 9.47 Å². The van der Waals surface area contributed by atoms with E-state index in [1.807, 2.05) is 12.1 Å². The van der Waals surface area contributed by atoms with E-state index in [2.05, 4.69) is 22.2 Å². The van der Waals surface area contributed by atoms with E-state index in [-0.39, 0.29) is 36.0 Å². The minimum Gasteiger partial charge on any atom is -0.497 e. The summed E-state index contributed by atoms with van der Waals surface area (Å²) in [6, 6.07) is 13.9. The van der Waals surface area contributed by atoms with Crippen molar-refractivity contribution >= 4 is 15.9 Å². The third kappa shape index (κ3) is 5.73. The summed E-state index contributed by atoms with van der Waals surface area (Å²) in [4.78, 5) is 12.7. The van der Waals surface area contributed by atoms with Crippen molar-refractivity contribution in [1.29, 1.82) is 0 Å². The molecule has 8 nitrogen and oxygen atoms in total. The monoisotopic (exact) mass is 474 g/mol. The molecule has 3 N–H and O–H groups in total. The van der Waals surface area contributed by atoms with Gasteiger partial charge in [0.15, 0.2) is 0 Å². The maximum absolute atomic E-state index is 12.8. The number of nitrogens with one attached hydrogen (secondary N) is 2. The number of aliphatic hydroxyl groups is 1. The lowest BCUT2D eigenvalue weighted by molar-refractivity contribution is -0.131. The van der Waals surface area contributed by atoms with Gasteiger partial charge in [-0.25, -0.2) is 13.1 Å². The second kappa shape index (κ2) is 10.2. The summed E-state index contributed by atoms with van der Waals surface area (Å²) >= 11 is 0. The van der Waals surface area contributed by atoms with E-state index >= 15 is 0 Å². The molecule has 2 aromatic carbocycles. The number of carbonyl (C=O) groups is 1. The molecule has 1 aliphatic heterocycles. The Balaban J connectivity index is 1.30. The van der Waals surface area contributed by atoms with Gasteiger partial charge in [-0.3, -0.25) is 4.79 Å². The van der Waals surface area contributed by atoms with Crippen LogP contribution in [0.15, 0.2) is 53.4 Å². The smallest absolute Gasteiger partial charge is 0.241 e. The minimum atomic E-state index is -3.82. The number of methoxy groups -OCH3 is 1. The van der Waals surface area contributed by atoms with Gasteiger partial charge in [-0.2, -0.15) is 0 Å². The lowest BCUT2D eigenvalue weighted by Gasteiger charge is -2.35. The molecule has 1 amide bonds. The first-order valence-corrected chi connectivity index (χ1v) is 12.6. The van der Waals surface area contributed by atoms with Crippen molar-refractivity contribution in [3.05, 3.63) is 59.7 Å². The highest BCUT2D eigenvalue weighted by molar-refractivity contribution is 7.89. The van der Waals surface area contributed by atoms with E-state index in [1.165, 1.54) is 30.4 Å². The van der Waals surface area contributed by atoms with Crippen LogP contribution in [-0.2, 0) is 32.4 Å². The fourth-order valence-corrected chi connectivity index (χ4v) is 5.94. The fraction of sp³-hybridized carbons (Fsp3) is 0.458. The van der Waals surface area contributed by atoms with Gasteiger partial charge < -0.3 is 19.9 Å². The molecule has 0 aromatic heterocycles. The summed E-state index contributed by atoms with van der Waals surface area (Å²) in [7, 11) is -2.35. The molecule has 0 saturated carbocycles. The van der Waals surface area contributed by atoms with Gasteiger partial charge in [0.2, 0.25) is 15.9 Å². The van der Waals surface area contributed by atoms with Gasteiger partial charge in [-0.15, -0.1) is 0 Å². The van der Waals surface area contributed by atoms with Crippen LogP contribution in [0.5, 0.6) is 5.75 Å². The molecule has 1 fully saturated rings. The topological polar surface area (TPSA) is 114 Å². The zero-order valence-electron chi connectivity index (χ0n) is 18.6. The van der Waals surface area contributed by atoms with E-state index in [9.17, 15) is 18.3 Å². The van der Waals surface area contributed by atoms with Gasteiger partial charge in [0, 0.05) is 12.1 Å². The van der Waals surface area contributed by atoms with E-state index in [1.54, 1.807) is 12.1 Å². The van der Waals surface area contributed by atoms with E-state index in [0.29, 0.717) is 18.6 Å².